The Labute approximate surface area is 120 Å². The number of rotatable bonds is 2. The van der Waals surface area contributed by atoms with Crippen LogP contribution in [-0.4, -0.2) is 12.2 Å². The molecule has 1 fully saturated rings. The first kappa shape index (κ1) is 14.8. The number of hydrogen-bond donors (Lipinski definition) is 0. The lowest BCUT2D eigenvalue weighted by atomic mass is 9.83. The van der Waals surface area contributed by atoms with Crippen molar-refractivity contribution in [3.8, 4) is 0 Å². The summed E-state index contributed by atoms with van der Waals surface area (Å²) in [6.07, 6.45) is 0.363. The molecule has 0 bridgehead atoms. The molecule has 1 aromatic rings. The molecule has 0 saturated carbocycles. The standard InChI is InChI=1S/C16H22ClFO/c1-8-6-13(7-9(2)16(8)18)15(17)14-10(3)11(4)19-12(14)5/h6-7,10-12,14-15H,1-5H3. The predicted octanol–water partition coefficient (Wildman–Crippen LogP) is 4.78. The first-order chi connectivity index (χ1) is 8.82. The van der Waals surface area contributed by atoms with Gasteiger partial charge in [-0.15, -0.1) is 11.6 Å². The summed E-state index contributed by atoms with van der Waals surface area (Å²) < 4.78 is 19.6. The van der Waals surface area contributed by atoms with Crippen LogP contribution >= 0.6 is 11.6 Å². The van der Waals surface area contributed by atoms with Gasteiger partial charge in [-0.3, -0.25) is 0 Å². The van der Waals surface area contributed by atoms with E-state index < -0.39 is 0 Å². The predicted molar refractivity (Wildman–Crippen MR) is 77.1 cm³/mol. The van der Waals surface area contributed by atoms with Gasteiger partial charge in [-0.2, -0.15) is 0 Å². The van der Waals surface area contributed by atoms with Crippen molar-refractivity contribution in [3.63, 3.8) is 0 Å². The largest absolute Gasteiger partial charge is 0.375 e. The molecule has 5 unspecified atom stereocenters. The fourth-order valence-corrected chi connectivity index (χ4v) is 3.72. The highest BCUT2D eigenvalue weighted by atomic mass is 35.5. The van der Waals surface area contributed by atoms with Gasteiger partial charge in [0.15, 0.2) is 0 Å². The molecular weight excluding hydrogens is 263 g/mol. The quantitative estimate of drug-likeness (QED) is 0.710. The maximum atomic E-state index is 13.7. The molecule has 1 nitrogen and oxygen atoms in total. The molecule has 1 aliphatic rings. The zero-order valence-electron chi connectivity index (χ0n) is 12.2. The Bertz CT molecular complexity index is 451. The van der Waals surface area contributed by atoms with Crippen molar-refractivity contribution >= 4 is 11.6 Å². The summed E-state index contributed by atoms with van der Waals surface area (Å²) in [5, 5.41) is -0.132. The Hall–Kier alpha value is -0.600. The second-order valence-corrected chi connectivity index (χ2v) is 6.32. The Morgan fingerprint density at radius 1 is 1.11 bits per heavy atom. The van der Waals surface area contributed by atoms with Crippen molar-refractivity contribution < 1.29 is 9.13 Å². The van der Waals surface area contributed by atoms with E-state index in [1.54, 1.807) is 13.8 Å². The number of aryl methyl sites for hydroxylation is 2. The summed E-state index contributed by atoms with van der Waals surface area (Å²) in [5.41, 5.74) is 2.32. The van der Waals surface area contributed by atoms with Gasteiger partial charge in [-0.05, 0) is 50.3 Å². The third kappa shape index (κ3) is 2.66. The molecule has 1 saturated heterocycles. The molecule has 106 valence electrons. The number of ether oxygens (including phenoxy) is 1. The van der Waals surface area contributed by atoms with Gasteiger partial charge in [0, 0.05) is 5.92 Å². The van der Waals surface area contributed by atoms with Crippen LogP contribution in [0.1, 0.15) is 42.8 Å². The normalized spacial score (nSPS) is 32.6. The molecule has 1 aliphatic heterocycles. The van der Waals surface area contributed by atoms with Crippen molar-refractivity contribution in [1.29, 1.82) is 0 Å². The Balaban J connectivity index is 2.32. The third-order valence-electron chi connectivity index (χ3n) is 4.43. The topological polar surface area (TPSA) is 9.23 Å². The molecule has 0 aromatic heterocycles. The lowest BCUT2D eigenvalue weighted by molar-refractivity contribution is 0.0508. The van der Waals surface area contributed by atoms with Crippen LogP contribution in [0.2, 0.25) is 0 Å². The first-order valence-electron chi connectivity index (χ1n) is 6.89. The molecule has 3 heteroatoms. The van der Waals surface area contributed by atoms with Crippen molar-refractivity contribution in [3.05, 3.63) is 34.6 Å². The summed E-state index contributed by atoms with van der Waals surface area (Å²) >= 11 is 6.66. The van der Waals surface area contributed by atoms with E-state index in [2.05, 4.69) is 20.8 Å². The van der Waals surface area contributed by atoms with E-state index in [1.165, 1.54) is 0 Å². The summed E-state index contributed by atoms with van der Waals surface area (Å²) in [4.78, 5) is 0. The van der Waals surface area contributed by atoms with Crippen LogP contribution in [-0.2, 0) is 4.74 Å². The van der Waals surface area contributed by atoms with Crippen molar-refractivity contribution in [2.24, 2.45) is 11.8 Å². The van der Waals surface area contributed by atoms with Crippen LogP contribution in [0, 0.1) is 31.5 Å². The van der Waals surface area contributed by atoms with Crippen LogP contribution in [0.5, 0.6) is 0 Å². The lowest BCUT2D eigenvalue weighted by Gasteiger charge is -2.25. The van der Waals surface area contributed by atoms with Gasteiger partial charge in [0.05, 0.1) is 17.6 Å². The number of halogens is 2. The van der Waals surface area contributed by atoms with E-state index in [4.69, 9.17) is 16.3 Å². The van der Waals surface area contributed by atoms with Gasteiger partial charge in [0.25, 0.3) is 0 Å². The molecule has 1 heterocycles. The average Bonchev–Trinajstić information content (AvgIpc) is 2.59. The maximum Gasteiger partial charge on any atom is 0.129 e. The molecule has 0 radical (unpaired) electrons. The molecule has 0 aliphatic carbocycles. The molecule has 19 heavy (non-hydrogen) atoms. The van der Waals surface area contributed by atoms with E-state index in [0.29, 0.717) is 17.0 Å². The first-order valence-corrected chi connectivity index (χ1v) is 7.32. The Kier molecular flexibility index (Phi) is 4.22. The minimum absolute atomic E-state index is 0.132. The molecule has 0 N–H and O–H groups in total. The van der Waals surface area contributed by atoms with Crippen LogP contribution in [0.4, 0.5) is 4.39 Å². The molecule has 5 atom stereocenters. The van der Waals surface area contributed by atoms with Gasteiger partial charge in [-0.1, -0.05) is 19.1 Å². The zero-order valence-corrected chi connectivity index (χ0v) is 13.0. The fraction of sp³-hybridized carbons (Fsp3) is 0.625. The van der Waals surface area contributed by atoms with E-state index >= 15 is 0 Å². The summed E-state index contributed by atoms with van der Waals surface area (Å²) in [5.74, 6) is 0.536. The number of alkyl halides is 1. The van der Waals surface area contributed by atoms with Crippen molar-refractivity contribution in [1.82, 2.24) is 0 Å². The van der Waals surface area contributed by atoms with Crippen molar-refractivity contribution in [2.45, 2.75) is 52.2 Å². The zero-order chi connectivity index (χ0) is 14.3. The number of benzene rings is 1. The molecule has 1 aromatic carbocycles. The van der Waals surface area contributed by atoms with Crippen molar-refractivity contribution in [2.75, 3.05) is 0 Å². The summed E-state index contributed by atoms with van der Waals surface area (Å²) in [6.45, 7) is 9.92. The lowest BCUT2D eigenvalue weighted by Crippen LogP contribution is -2.22. The summed E-state index contributed by atoms with van der Waals surface area (Å²) in [6, 6.07) is 3.73. The monoisotopic (exact) mass is 284 g/mol. The third-order valence-corrected chi connectivity index (χ3v) is 4.98. The van der Waals surface area contributed by atoms with Crippen LogP contribution in [0.25, 0.3) is 0 Å². The fourth-order valence-electron chi connectivity index (χ4n) is 3.16. The Morgan fingerprint density at radius 2 is 1.63 bits per heavy atom. The molecule has 0 amide bonds. The van der Waals surface area contributed by atoms with E-state index in [-0.39, 0.29) is 29.3 Å². The van der Waals surface area contributed by atoms with E-state index in [1.807, 2.05) is 12.1 Å². The minimum atomic E-state index is -0.134. The van der Waals surface area contributed by atoms with Gasteiger partial charge in [-0.25, -0.2) is 4.39 Å². The summed E-state index contributed by atoms with van der Waals surface area (Å²) in [7, 11) is 0. The second kappa shape index (κ2) is 5.41. The molecular formula is C16H22ClFO. The highest BCUT2D eigenvalue weighted by Gasteiger charge is 2.41. The van der Waals surface area contributed by atoms with Gasteiger partial charge in [0.2, 0.25) is 0 Å². The Morgan fingerprint density at radius 3 is 2.05 bits per heavy atom. The van der Waals surface area contributed by atoms with Gasteiger partial charge < -0.3 is 4.74 Å². The average molecular weight is 285 g/mol. The highest BCUT2D eigenvalue weighted by Crippen LogP contribution is 2.44. The minimum Gasteiger partial charge on any atom is -0.375 e. The second-order valence-electron chi connectivity index (χ2n) is 5.85. The number of hydrogen-bond acceptors (Lipinski definition) is 1. The molecule has 2 rings (SSSR count). The van der Waals surface area contributed by atoms with Crippen LogP contribution in [0.3, 0.4) is 0 Å². The van der Waals surface area contributed by atoms with Crippen LogP contribution in [0.15, 0.2) is 12.1 Å². The maximum absolute atomic E-state index is 13.7. The SMILES string of the molecule is Cc1cc(C(Cl)C2C(C)OC(C)C2C)cc(C)c1F. The van der Waals surface area contributed by atoms with Crippen LogP contribution < -0.4 is 0 Å². The van der Waals surface area contributed by atoms with E-state index in [9.17, 15) is 4.39 Å². The van der Waals surface area contributed by atoms with Gasteiger partial charge >= 0.3 is 0 Å². The highest BCUT2D eigenvalue weighted by molar-refractivity contribution is 6.21. The molecule has 0 spiro atoms. The van der Waals surface area contributed by atoms with E-state index in [0.717, 1.165) is 5.56 Å². The van der Waals surface area contributed by atoms with Gasteiger partial charge in [0.1, 0.15) is 5.82 Å². The smallest absolute Gasteiger partial charge is 0.129 e.